The van der Waals surface area contributed by atoms with Gasteiger partial charge in [-0.25, -0.2) is 4.98 Å². The van der Waals surface area contributed by atoms with Crippen LogP contribution in [0.1, 0.15) is 79.3 Å². The van der Waals surface area contributed by atoms with E-state index in [1.807, 2.05) is 12.2 Å². The zero-order chi connectivity index (χ0) is 27.1. The van der Waals surface area contributed by atoms with Gasteiger partial charge < -0.3 is 4.42 Å². The van der Waals surface area contributed by atoms with Crippen LogP contribution in [-0.4, -0.2) is 22.4 Å². The van der Waals surface area contributed by atoms with E-state index in [0.717, 1.165) is 70.4 Å². The highest BCUT2D eigenvalue weighted by atomic mass is 16.3. The van der Waals surface area contributed by atoms with E-state index in [9.17, 15) is 0 Å². The first-order valence-electron chi connectivity index (χ1n) is 14.1. The van der Waals surface area contributed by atoms with Gasteiger partial charge in [0.25, 0.3) is 0 Å². The number of pyridine rings is 1. The van der Waals surface area contributed by atoms with Crippen LogP contribution in [0, 0.1) is 0 Å². The smallest absolute Gasteiger partial charge is 0.227 e. The summed E-state index contributed by atoms with van der Waals surface area (Å²) in [7, 11) is 0. The van der Waals surface area contributed by atoms with Crippen molar-refractivity contribution >= 4 is 33.5 Å². The van der Waals surface area contributed by atoms with Gasteiger partial charge in [-0.3, -0.25) is 9.98 Å². The molecule has 0 N–H and O–H groups in total. The summed E-state index contributed by atoms with van der Waals surface area (Å²) in [5.41, 5.74) is 10.1. The van der Waals surface area contributed by atoms with Crippen LogP contribution >= 0.6 is 0 Å². The molecule has 0 aliphatic carbocycles. The van der Waals surface area contributed by atoms with Crippen LogP contribution < -0.4 is 0 Å². The number of furan rings is 1. The maximum absolute atomic E-state index is 6.38. The number of hydrogen-bond donors (Lipinski definition) is 0. The monoisotopic (exact) mass is 513 g/mol. The highest BCUT2D eigenvalue weighted by Gasteiger charge is 2.31. The van der Waals surface area contributed by atoms with Crippen molar-refractivity contribution in [1.29, 1.82) is 0 Å². The van der Waals surface area contributed by atoms with E-state index in [2.05, 4.69) is 82.1 Å². The number of benzene rings is 2. The van der Waals surface area contributed by atoms with Gasteiger partial charge >= 0.3 is 0 Å². The Kier molecular flexibility index (Phi) is 6.64. The lowest BCUT2D eigenvalue weighted by atomic mass is 9.78. The molecule has 39 heavy (non-hydrogen) atoms. The topological polar surface area (TPSA) is 50.8 Å². The van der Waals surface area contributed by atoms with E-state index >= 15 is 0 Å². The second-order valence-corrected chi connectivity index (χ2v) is 10.7. The van der Waals surface area contributed by atoms with Crippen molar-refractivity contribution < 1.29 is 4.42 Å². The summed E-state index contributed by atoms with van der Waals surface area (Å²) in [6, 6.07) is 17.4. The summed E-state index contributed by atoms with van der Waals surface area (Å²) in [5.74, 6) is 0.710. The molecule has 0 bridgehead atoms. The van der Waals surface area contributed by atoms with Crippen LogP contribution in [0.15, 0.2) is 101 Å². The minimum atomic E-state index is 0.0689. The number of nitrogens with zero attached hydrogens (tertiary/aromatic N) is 3. The molecular formula is C35H35N3O. The van der Waals surface area contributed by atoms with Crippen molar-refractivity contribution in [2.75, 3.05) is 0 Å². The van der Waals surface area contributed by atoms with E-state index in [4.69, 9.17) is 19.4 Å². The number of aryl methyl sites for hydroxylation is 1. The summed E-state index contributed by atoms with van der Waals surface area (Å²) in [6.45, 7) is 16.9. The Hall–Kier alpha value is -4.05. The first-order valence-corrected chi connectivity index (χ1v) is 14.1. The molecule has 0 radical (unpaired) electrons. The fraction of sp³-hybridized carbons (Fsp3) is 0.286. The average Bonchev–Trinajstić information content (AvgIpc) is 3.31. The molecule has 2 unspecified atom stereocenters. The van der Waals surface area contributed by atoms with Crippen molar-refractivity contribution in [3.8, 4) is 0 Å². The molecule has 4 aromatic rings. The van der Waals surface area contributed by atoms with Gasteiger partial charge in [-0.15, -0.1) is 0 Å². The number of aromatic nitrogens is 1. The van der Waals surface area contributed by atoms with E-state index in [1.165, 1.54) is 16.7 Å². The normalized spacial score (nSPS) is 19.2. The zero-order valence-electron chi connectivity index (χ0n) is 22.9. The number of fused-ring (bicyclic) bond motifs is 7. The van der Waals surface area contributed by atoms with E-state index in [-0.39, 0.29) is 12.0 Å². The highest BCUT2D eigenvalue weighted by molar-refractivity contribution is 6.14. The third-order valence-electron chi connectivity index (χ3n) is 8.50. The average molecular weight is 514 g/mol. The van der Waals surface area contributed by atoms with Gasteiger partial charge in [0.05, 0.1) is 17.5 Å². The second-order valence-electron chi connectivity index (χ2n) is 10.7. The Balaban J connectivity index is 1.49. The molecule has 2 aliphatic heterocycles. The molecule has 2 aromatic carbocycles. The Labute approximate surface area is 230 Å². The van der Waals surface area contributed by atoms with Crippen LogP contribution in [0.4, 0.5) is 0 Å². The molecule has 2 aromatic heterocycles. The Bertz CT molecular complexity index is 1680. The molecule has 196 valence electrons. The lowest BCUT2D eigenvalue weighted by molar-refractivity contribution is 0.490. The van der Waals surface area contributed by atoms with E-state index in [0.29, 0.717) is 18.1 Å². The van der Waals surface area contributed by atoms with Gasteiger partial charge in [0.1, 0.15) is 5.58 Å². The lowest BCUT2D eigenvalue weighted by Crippen LogP contribution is -2.27. The van der Waals surface area contributed by atoms with Crippen LogP contribution in [0.2, 0.25) is 0 Å². The standard InChI is InChI=1S/C35H35N3O/c1-6-22(7-2)32-17-16-27-29-20-28-23(19-34(29)39-35(27)38-32)14-15-26-24-12-10-11-13-25(24)30(8-3)37-33(26)18-21(5)36-31(28)9-4/h8-13,16-17,19-20,22,26,33H,3-7,14-15,18H2,1-2H3. The Morgan fingerprint density at radius 1 is 0.974 bits per heavy atom. The molecule has 0 saturated carbocycles. The molecule has 2 atom stereocenters. The summed E-state index contributed by atoms with van der Waals surface area (Å²) >= 11 is 0. The van der Waals surface area contributed by atoms with Crippen LogP contribution in [0.25, 0.3) is 22.1 Å². The first kappa shape index (κ1) is 25.2. The van der Waals surface area contributed by atoms with Crippen molar-refractivity contribution in [3.05, 3.63) is 114 Å². The van der Waals surface area contributed by atoms with Crippen molar-refractivity contribution in [2.24, 2.45) is 9.98 Å². The Morgan fingerprint density at radius 3 is 2.54 bits per heavy atom. The van der Waals surface area contributed by atoms with Crippen molar-refractivity contribution in [2.45, 2.75) is 63.8 Å². The van der Waals surface area contributed by atoms with Crippen LogP contribution in [0.3, 0.4) is 0 Å². The van der Waals surface area contributed by atoms with Crippen LogP contribution in [-0.2, 0) is 6.42 Å². The fourth-order valence-corrected chi connectivity index (χ4v) is 6.42. The summed E-state index contributed by atoms with van der Waals surface area (Å²) in [5, 5.41) is 2.10. The van der Waals surface area contributed by atoms with Gasteiger partial charge in [-0.05, 0) is 73.2 Å². The van der Waals surface area contributed by atoms with Gasteiger partial charge in [-0.2, -0.15) is 0 Å². The molecular weight excluding hydrogens is 478 g/mol. The maximum Gasteiger partial charge on any atom is 0.227 e. The largest absolute Gasteiger partial charge is 0.438 e. The summed E-state index contributed by atoms with van der Waals surface area (Å²) in [6.07, 6.45) is 8.38. The second kappa shape index (κ2) is 10.3. The molecule has 4 nitrogen and oxygen atoms in total. The zero-order valence-corrected chi connectivity index (χ0v) is 22.9. The Morgan fingerprint density at radius 2 is 1.77 bits per heavy atom. The third kappa shape index (κ3) is 4.38. The summed E-state index contributed by atoms with van der Waals surface area (Å²) < 4.78 is 6.38. The molecule has 4 heterocycles. The van der Waals surface area contributed by atoms with Crippen molar-refractivity contribution in [1.82, 2.24) is 4.98 Å². The number of aliphatic imine (C=N–C) groups is 2. The fourth-order valence-electron chi connectivity index (χ4n) is 6.42. The number of allylic oxidation sites excluding steroid dienone is 2. The molecule has 2 aliphatic rings. The summed E-state index contributed by atoms with van der Waals surface area (Å²) in [4.78, 5) is 15.1. The predicted molar refractivity (Wildman–Crippen MR) is 163 cm³/mol. The quantitative estimate of drug-likeness (QED) is 0.268. The number of rotatable bonds is 5. The number of hydrogen-bond acceptors (Lipinski definition) is 4. The van der Waals surface area contributed by atoms with Crippen LogP contribution in [0.5, 0.6) is 0 Å². The van der Waals surface area contributed by atoms with Gasteiger partial charge in [-0.1, -0.05) is 57.8 Å². The van der Waals surface area contributed by atoms with Crippen molar-refractivity contribution in [3.63, 3.8) is 0 Å². The van der Waals surface area contributed by atoms with E-state index < -0.39 is 0 Å². The first-order chi connectivity index (χ1) is 19.0. The lowest BCUT2D eigenvalue weighted by Gasteiger charge is -2.32. The molecule has 0 saturated heterocycles. The van der Waals surface area contributed by atoms with Gasteiger partial charge in [0, 0.05) is 51.5 Å². The third-order valence-corrected chi connectivity index (χ3v) is 8.50. The molecule has 6 rings (SSSR count). The molecule has 0 fully saturated rings. The molecule has 4 heteroatoms. The predicted octanol–water partition coefficient (Wildman–Crippen LogP) is 8.85. The molecule has 0 amide bonds. The minimum absolute atomic E-state index is 0.0689. The van der Waals surface area contributed by atoms with Gasteiger partial charge in [0.2, 0.25) is 5.71 Å². The minimum Gasteiger partial charge on any atom is -0.438 e. The maximum atomic E-state index is 6.38. The van der Waals surface area contributed by atoms with Gasteiger partial charge in [0.15, 0.2) is 0 Å². The molecule has 0 spiro atoms. The highest BCUT2D eigenvalue weighted by Crippen LogP contribution is 2.39. The van der Waals surface area contributed by atoms with E-state index in [1.54, 1.807) is 0 Å². The SMILES string of the molecule is C=CC1=NC(=C)CC2N=C(C=C)c3ccccc3C2CCc2cc3oc4nc(C(CC)CC)ccc4c3cc21.